The van der Waals surface area contributed by atoms with Crippen LogP contribution in [-0.2, 0) is 10.0 Å². The summed E-state index contributed by atoms with van der Waals surface area (Å²) in [5.74, 6) is -0.735. The van der Waals surface area contributed by atoms with Crippen molar-refractivity contribution in [3.8, 4) is 5.69 Å². The number of rotatable bonds is 4. The summed E-state index contributed by atoms with van der Waals surface area (Å²) in [6, 6.07) is 5.49. The van der Waals surface area contributed by atoms with Crippen molar-refractivity contribution in [1.29, 1.82) is 0 Å². The van der Waals surface area contributed by atoms with E-state index in [1.165, 1.54) is 39.5 Å². The van der Waals surface area contributed by atoms with Gasteiger partial charge in [-0.3, -0.25) is 4.79 Å². The molecule has 1 aromatic carbocycles. The molecule has 2 heterocycles. The number of halogens is 2. The average molecular weight is 415 g/mol. The van der Waals surface area contributed by atoms with Crippen molar-refractivity contribution in [2.45, 2.75) is 25.8 Å². The first-order valence-corrected chi connectivity index (χ1v) is 10.7. The molecule has 7 nitrogen and oxygen atoms in total. The molecule has 1 N–H and O–H groups in total. The summed E-state index contributed by atoms with van der Waals surface area (Å²) in [5.41, 5.74) is 1.26. The molecule has 1 aliphatic rings. The lowest BCUT2D eigenvalue weighted by Crippen LogP contribution is -2.46. The van der Waals surface area contributed by atoms with E-state index in [2.05, 4.69) is 10.4 Å². The summed E-state index contributed by atoms with van der Waals surface area (Å²) >= 11 is 6.36. The van der Waals surface area contributed by atoms with E-state index in [0.717, 1.165) is 0 Å². The molecule has 1 aliphatic heterocycles. The lowest BCUT2D eigenvalue weighted by atomic mass is 10.1. The van der Waals surface area contributed by atoms with Crippen LogP contribution >= 0.6 is 11.6 Å². The number of amides is 1. The number of benzene rings is 1. The van der Waals surface area contributed by atoms with Crippen molar-refractivity contribution >= 4 is 27.5 Å². The third-order valence-electron chi connectivity index (χ3n) is 4.56. The highest BCUT2D eigenvalue weighted by Crippen LogP contribution is 2.24. The maximum atomic E-state index is 13.1. The molecule has 27 heavy (non-hydrogen) atoms. The number of aromatic nitrogens is 2. The van der Waals surface area contributed by atoms with Crippen molar-refractivity contribution < 1.29 is 17.6 Å². The van der Waals surface area contributed by atoms with E-state index in [4.69, 9.17) is 11.6 Å². The van der Waals surface area contributed by atoms with Crippen molar-refractivity contribution in [2.75, 3.05) is 19.3 Å². The zero-order valence-corrected chi connectivity index (χ0v) is 16.5. The van der Waals surface area contributed by atoms with Crippen LogP contribution in [0.25, 0.3) is 5.69 Å². The van der Waals surface area contributed by atoms with Crippen LogP contribution in [0.5, 0.6) is 0 Å². The second-order valence-corrected chi connectivity index (χ2v) is 8.89. The van der Waals surface area contributed by atoms with E-state index < -0.39 is 10.0 Å². The van der Waals surface area contributed by atoms with Gasteiger partial charge in [0.1, 0.15) is 11.0 Å². The Morgan fingerprint density at radius 2 is 1.85 bits per heavy atom. The van der Waals surface area contributed by atoms with Gasteiger partial charge in [-0.25, -0.2) is 21.8 Å². The van der Waals surface area contributed by atoms with Crippen LogP contribution in [0.2, 0.25) is 5.15 Å². The van der Waals surface area contributed by atoms with Gasteiger partial charge >= 0.3 is 0 Å². The SMILES string of the molecule is Cc1nn(-c2ccc(F)cc2)c(Cl)c1C(=O)NC1CCN(S(C)(=O)=O)CC1. The lowest BCUT2D eigenvalue weighted by molar-refractivity contribution is 0.0923. The summed E-state index contributed by atoms with van der Waals surface area (Å²) in [4.78, 5) is 12.7. The van der Waals surface area contributed by atoms with Crippen LogP contribution in [0.1, 0.15) is 28.9 Å². The fourth-order valence-electron chi connectivity index (χ4n) is 3.10. The molecule has 10 heteroatoms. The summed E-state index contributed by atoms with van der Waals surface area (Å²) in [6.45, 7) is 2.41. The molecule has 3 rings (SSSR count). The Kier molecular flexibility index (Phi) is 5.55. The van der Waals surface area contributed by atoms with Crippen molar-refractivity contribution in [3.05, 3.63) is 46.5 Å². The van der Waals surface area contributed by atoms with Crippen molar-refractivity contribution in [3.63, 3.8) is 0 Å². The maximum absolute atomic E-state index is 13.1. The molecule has 2 aromatic rings. The Bertz CT molecular complexity index is 951. The zero-order valence-electron chi connectivity index (χ0n) is 14.9. The van der Waals surface area contributed by atoms with Crippen LogP contribution in [0.3, 0.4) is 0 Å². The molecule has 0 atom stereocenters. The Balaban J connectivity index is 1.73. The standard InChI is InChI=1S/C17H20ClFN4O3S/c1-11-15(16(18)23(21-11)14-5-3-12(19)4-6-14)17(24)20-13-7-9-22(10-8-13)27(2,25)26/h3-6,13H,7-10H2,1-2H3,(H,20,24). The van der Waals surface area contributed by atoms with Crippen LogP contribution in [0, 0.1) is 12.7 Å². The molecule has 146 valence electrons. The second kappa shape index (κ2) is 7.57. The molecule has 0 aliphatic carbocycles. The fourth-order valence-corrected chi connectivity index (χ4v) is 4.33. The molecule has 1 amide bonds. The van der Waals surface area contributed by atoms with Crippen LogP contribution in [0.15, 0.2) is 24.3 Å². The quantitative estimate of drug-likeness (QED) is 0.830. The minimum absolute atomic E-state index is 0.139. The minimum Gasteiger partial charge on any atom is -0.349 e. The van der Waals surface area contributed by atoms with Crippen molar-refractivity contribution in [1.82, 2.24) is 19.4 Å². The number of nitrogens with zero attached hydrogens (tertiary/aromatic N) is 3. The topological polar surface area (TPSA) is 84.3 Å². The number of carbonyl (C=O) groups excluding carboxylic acids is 1. The van der Waals surface area contributed by atoms with Gasteiger partial charge in [0.25, 0.3) is 5.91 Å². The summed E-state index contributed by atoms with van der Waals surface area (Å²) in [5, 5.41) is 7.33. The molecule has 0 radical (unpaired) electrons. The van der Waals surface area contributed by atoms with E-state index >= 15 is 0 Å². The number of hydrogen-bond donors (Lipinski definition) is 1. The Morgan fingerprint density at radius 3 is 2.41 bits per heavy atom. The summed E-state index contributed by atoms with van der Waals surface area (Å²) in [6.07, 6.45) is 2.24. The van der Waals surface area contributed by atoms with Gasteiger partial charge in [0.15, 0.2) is 0 Å². The van der Waals surface area contributed by atoms with Gasteiger partial charge in [0.05, 0.1) is 23.2 Å². The molecular weight excluding hydrogens is 395 g/mol. The Morgan fingerprint density at radius 1 is 1.26 bits per heavy atom. The summed E-state index contributed by atoms with van der Waals surface area (Å²) in [7, 11) is -3.21. The normalized spacial score (nSPS) is 16.4. The van der Waals surface area contributed by atoms with Crippen LogP contribution in [0.4, 0.5) is 4.39 Å². The predicted octanol–water partition coefficient (Wildman–Crippen LogP) is 2.13. The van der Waals surface area contributed by atoms with Gasteiger partial charge < -0.3 is 5.32 Å². The molecule has 0 bridgehead atoms. The van der Waals surface area contributed by atoms with Gasteiger partial charge in [0, 0.05) is 19.1 Å². The number of hydrogen-bond acceptors (Lipinski definition) is 4. The number of nitrogens with one attached hydrogen (secondary N) is 1. The number of piperidine rings is 1. The van der Waals surface area contributed by atoms with Gasteiger partial charge in [0.2, 0.25) is 10.0 Å². The van der Waals surface area contributed by atoms with E-state index in [-0.39, 0.29) is 28.5 Å². The fraction of sp³-hybridized carbons (Fsp3) is 0.412. The van der Waals surface area contributed by atoms with Crippen LogP contribution < -0.4 is 5.32 Å². The monoisotopic (exact) mass is 414 g/mol. The smallest absolute Gasteiger partial charge is 0.256 e. The van der Waals surface area contributed by atoms with Gasteiger partial charge in [-0.1, -0.05) is 11.6 Å². The number of carbonyl (C=O) groups is 1. The van der Waals surface area contributed by atoms with Gasteiger partial charge in [-0.05, 0) is 44.0 Å². The van der Waals surface area contributed by atoms with E-state index in [1.807, 2.05) is 0 Å². The van der Waals surface area contributed by atoms with Crippen molar-refractivity contribution in [2.24, 2.45) is 0 Å². The molecule has 0 spiro atoms. The zero-order chi connectivity index (χ0) is 19.8. The van der Waals surface area contributed by atoms with E-state index in [0.29, 0.717) is 37.3 Å². The highest BCUT2D eigenvalue weighted by Gasteiger charge is 2.28. The third-order valence-corrected chi connectivity index (χ3v) is 6.21. The number of sulfonamides is 1. The highest BCUT2D eigenvalue weighted by molar-refractivity contribution is 7.88. The molecule has 0 unspecified atom stereocenters. The molecular formula is C17H20ClFN4O3S. The highest BCUT2D eigenvalue weighted by atomic mass is 35.5. The number of aryl methyl sites for hydroxylation is 1. The molecule has 1 saturated heterocycles. The van der Waals surface area contributed by atoms with E-state index in [9.17, 15) is 17.6 Å². The molecule has 1 fully saturated rings. The second-order valence-electron chi connectivity index (χ2n) is 6.55. The predicted molar refractivity (Wildman–Crippen MR) is 100 cm³/mol. The Labute approximate surface area is 162 Å². The largest absolute Gasteiger partial charge is 0.349 e. The minimum atomic E-state index is -3.21. The molecule has 1 aromatic heterocycles. The van der Waals surface area contributed by atoms with Crippen LogP contribution in [-0.4, -0.2) is 53.8 Å². The van der Waals surface area contributed by atoms with Gasteiger partial charge in [-0.15, -0.1) is 0 Å². The summed E-state index contributed by atoms with van der Waals surface area (Å²) < 4.78 is 39.0. The van der Waals surface area contributed by atoms with E-state index in [1.54, 1.807) is 6.92 Å². The maximum Gasteiger partial charge on any atom is 0.256 e. The Hall–Kier alpha value is -1.97. The first-order valence-electron chi connectivity index (χ1n) is 8.44. The lowest BCUT2D eigenvalue weighted by Gasteiger charge is -2.30. The third kappa shape index (κ3) is 4.31. The first kappa shape index (κ1) is 19.8. The first-order chi connectivity index (χ1) is 12.7. The molecule has 0 saturated carbocycles. The average Bonchev–Trinajstić information content (AvgIpc) is 2.90. The van der Waals surface area contributed by atoms with Gasteiger partial charge in [-0.2, -0.15) is 5.10 Å².